The molecule has 0 aliphatic carbocycles. The van der Waals surface area contributed by atoms with E-state index >= 15 is 0 Å². The lowest BCUT2D eigenvalue weighted by Gasteiger charge is -2.03. The summed E-state index contributed by atoms with van der Waals surface area (Å²) in [6.45, 7) is 3.09. The van der Waals surface area contributed by atoms with Gasteiger partial charge < -0.3 is 10.1 Å². The maximum atomic E-state index is 10.8. The molecule has 0 aromatic heterocycles. The second-order valence-corrected chi connectivity index (χ2v) is 19.2. The lowest BCUT2D eigenvalue weighted by molar-refractivity contribution is 0.152. The third-order valence-corrected chi connectivity index (χ3v) is 13.3. The van der Waals surface area contributed by atoms with Gasteiger partial charge in [0.05, 0.1) is 6.61 Å². The molecule has 0 atom stereocenters. The molecule has 0 aliphatic rings. The summed E-state index contributed by atoms with van der Waals surface area (Å²) >= 11 is 0. The van der Waals surface area contributed by atoms with Crippen molar-refractivity contribution < 1.29 is 9.53 Å². The third kappa shape index (κ3) is 8.02. The maximum Gasteiger partial charge on any atom is 0.407 e. The standard InChI is InChI=1S/C6H19NO2Si3/c1-2-9-6(8)7-4-3-5-11-12-10/h2-5,11-12H2,1,10H3,(H,7,8). The average molecular weight is 221 g/mol. The van der Waals surface area contributed by atoms with Crippen LogP contribution < -0.4 is 5.32 Å². The SMILES string of the molecule is CCOC(=O)NCCC[SiH2][SiH2][SiH3]. The van der Waals surface area contributed by atoms with Gasteiger partial charge in [-0.05, 0) is 31.7 Å². The van der Waals surface area contributed by atoms with Crippen LogP contribution in [0, 0.1) is 0 Å². The molecule has 0 unspecified atom stereocenters. The van der Waals surface area contributed by atoms with Gasteiger partial charge in [0.15, 0.2) is 0 Å². The first kappa shape index (κ1) is 11.9. The molecule has 0 aliphatic heterocycles. The Morgan fingerprint density at radius 2 is 2.42 bits per heavy atom. The number of carbonyl (C=O) groups excluding carboxylic acids is 1. The normalized spacial score (nSPS) is 11.8. The number of carbonyl (C=O) groups is 1. The van der Waals surface area contributed by atoms with Crippen LogP contribution in [0.5, 0.6) is 0 Å². The first-order valence-electron chi connectivity index (χ1n) is 4.71. The van der Waals surface area contributed by atoms with Crippen LogP contribution in [0.3, 0.4) is 0 Å². The van der Waals surface area contributed by atoms with Crippen molar-refractivity contribution in [2.75, 3.05) is 13.2 Å². The number of rotatable bonds is 6. The van der Waals surface area contributed by atoms with E-state index in [4.69, 9.17) is 4.74 Å². The maximum absolute atomic E-state index is 10.8. The Bertz CT molecular complexity index is 123. The molecule has 0 rings (SSSR count). The lowest BCUT2D eigenvalue weighted by Crippen LogP contribution is -2.25. The van der Waals surface area contributed by atoms with Crippen LogP contribution >= 0.6 is 0 Å². The summed E-state index contributed by atoms with van der Waals surface area (Å²) in [7, 11) is 2.36. The molecule has 1 amide bonds. The van der Waals surface area contributed by atoms with Gasteiger partial charge in [-0.1, -0.05) is 6.04 Å². The molecular weight excluding hydrogens is 202 g/mol. The molecule has 6 heteroatoms. The van der Waals surface area contributed by atoms with Crippen molar-refractivity contribution >= 4 is 33.4 Å². The predicted octanol–water partition coefficient (Wildman–Crippen LogP) is -1.93. The largest absolute Gasteiger partial charge is 0.450 e. The van der Waals surface area contributed by atoms with Crippen LogP contribution in [-0.2, 0) is 4.74 Å². The van der Waals surface area contributed by atoms with E-state index in [2.05, 4.69) is 5.32 Å². The molecule has 0 fully saturated rings. The first-order chi connectivity index (χ1) is 5.81. The van der Waals surface area contributed by atoms with Gasteiger partial charge in [-0.25, -0.2) is 4.79 Å². The highest BCUT2D eigenvalue weighted by molar-refractivity contribution is 7.23. The summed E-state index contributed by atoms with van der Waals surface area (Å²) in [6.07, 6.45) is 0.905. The zero-order chi connectivity index (χ0) is 9.23. The monoisotopic (exact) mass is 221 g/mol. The van der Waals surface area contributed by atoms with Crippen molar-refractivity contribution in [2.45, 2.75) is 19.4 Å². The summed E-state index contributed by atoms with van der Waals surface area (Å²) in [5.74, 6) is 0. The molecule has 0 saturated heterocycles. The van der Waals surface area contributed by atoms with Crippen molar-refractivity contribution in [3.05, 3.63) is 0 Å². The fourth-order valence-electron chi connectivity index (χ4n) is 0.924. The van der Waals surface area contributed by atoms with E-state index in [0.29, 0.717) is 24.2 Å². The van der Waals surface area contributed by atoms with Gasteiger partial charge in [-0.15, -0.1) is 0 Å². The Balaban J connectivity index is 3.03. The van der Waals surface area contributed by atoms with E-state index in [0.717, 1.165) is 6.54 Å². The average Bonchev–Trinajstić information content (AvgIpc) is 2.05. The second kappa shape index (κ2) is 9.01. The van der Waals surface area contributed by atoms with Crippen LogP contribution in [0.2, 0.25) is 6.04 Å². The van der Waals surface area contributed by atoms with Crippen molar-refractivity contribution in [2.24, 2.45) is 0 Å². The van der Waals surface area contributed by atoms with E-state index in [-0.39, 0.29) is 6.09 Å². The summed E-state index contributed by atoms with van der Waals surface area (Å²) in [5.41, 5.74) is 0. The van der Waals surface area contributed by atoms with Crippen molar-refractivity contribution in [1.82, 2.24) is 5.32 Å². The molecule has 0 aromatic carbocycles. The fraction of sp³-hybridized carbons (Fsp3) is 0.833. The summed E-state index contributed by atoms with van der Waals surface area (Å²) in [4.78, 5) is 10.8. The van der Waals surface area contributed by atoms with Crippen LogP contribution in [0.1, 0.15) is 13.3 Å². The van der Waals surface area contributed by atoms with E-state index < -0.39 is 0 Å². The van der Waals surface area contributed by atoms with Gasteiger partial charge in [0.1, 0.15) is 0 Å². The minimum Gasteiger partial charge on any atom is -0.450 e. The lowest BCUT2D eigenvalue weighted by atomic mass is 10.5. The molecule has 3 nitrogen and oxygen atoms in total. The summed E-state index contributed by atoms with van der Waals surface area (Å²) in [5, 5.41) is 2.73. The summed E-state index contributed by atoms with van der Waals surface area (Å²) < 4.78 is 4.73. The Hall–Kier alpha value is -0.0794. The highest BCUT2D eigenvalue weighted by Crippen LogP contribution is 1.85. The van der Waals surface area contributed by atoms with E-state index in [1.54, 1.807) is 0 Å². The number of nitrogens with one attached hydrogen (secondary N) is 1. The van der Waals surface area contributed by atoms with Crippen LogP contribution in [0.25, 0.3) is 0 Å². The molecule has 0 bridgehead atoms. The molecular formula is C6H19NO2Si3. The molecule has 72 valence electrons. The number of hydrogen-bond acceptors (Lipinski definition) is 2. The minimum atomic E-state index is -0.262. The zero-order valence-electron chi connectivity index (χ0n) is 8.06. The number of amides is 1. The van der Waals surface area contributed by atoms with E-state index in [1.165, 1.54) is 22.2 Å². The second-order valence-electron chi connectivity index (χ2n) is 2.71. The van der Waals surface area contributed by atoms with Gasteiger partial charge in [-0.2, -0.15) is 0 Å². The Morgan fingerprint density at radius 3 is 3.00 bits per heavy atom. The van der Waals surface area contributed by atoms with Crippen LogP contribution in [0.4, 0.5) is 4.79 Å². The number of ether oxygens (including phenoxy) is 1. The molecule has 12 heavy (non-hydrogen) atoms. The molecule has 0 saturated carbocycles. The fourth-order valence-corrected chi connectivity index (χ4v) is 9.09. The van der Waals surface area contributed by atoms with Crippen molar-refractivity contribution in [1.29, 1.82) is 0 Å². The first-order valence-corrected chi connectivity index (χ1v) is 15.4. The molecule has 0 heterocycles. The van der Waals surface area contributed by atoms with Gasteiger partial charge in [0.25, 0.3) is 0 Å². The van der Waals surface area contributed by atoms with Gasteiger partial charge in [-0.3, -0.25) is 0 Å². The Labute approximate surface area is 81.3 Å². The van der Waals surface area contributed by atoms with Crippen molar-refractivity contribution in [3.8, 4) is 0 Å². The predicted molar refractivity (Wildman–Crippen MR) is 61.5 cm³/mol. The van der Waals surface area contributed by atoms with Gasteiger partial charge in [0.2, 0.25) is 0 Å². The van der Waals surface area contributed by atoms with Crippen molar-refractivity contribution in [3.63, 3.8) is 0 Å². The molecule has 0 spiro atoms. The summed E-state index contributed by atoms with van der Waals surface area (Å²) in [6, 6.07) is 1.42. The van der Waals surface area contributed by atoms with Gasteiger partial charge in [0, 0.05) is 15.6 Å². The van der Waals surface area contributed by atoms with E-state index in [9.17, 15) is 4.79 Å². The minimum absolute atomic E-state index is 0.262. The van der Waals surface area contributed by atoms with Gasteiger partial charge >= 0.3 is 6.09 Å². The highest BCUT2D eigenvalue weighted by Gasteiger charge is 1.97. The highest BCUT2D eigenvalue weighted by atomic mass is 29.5. The molecule has 0 radical (unpaired) electrons. The van der Waals surface area contributed by atoms with Crippen LogP contribution in [0.15, 0.2) is 0 Å². The Morgan fingerprint density at radius 1 is 1.67 bits per heavy atom. The van der Waals surface area contributed by atoms with Crippen LogP contribution in [-0.4, -0.2) is 46.6 Å². The molecule has 0 aromatic rings. The molecule has 1 N–H and O–H groups in total. The smallest absolute Gasteiger partial charge is 0.407 e. The Kier molecular flexibility index (Phi) is 8.95. The number of hydrogen-bond donors (Lipinski definition) is 1. The number of alkyl carbamates (subject to hydrolysis) is 1. The quantitative estimate of drug-likeness (QED) is 0.419. The third-order valence-electron chi connectivity index (χ3n) is 1.58. The topological polar surface area (TPSA) is 38.3 Å². The zero-order valence-corrected chi connectivity index (χ0v) is 12.9. The van der Waals surface area contributed by atoms with E-state index in [1.807, 2.05) is 6.92 Å².